The number of ether oxygens (including phenoxy) is 2. The van der Waals surface area contributed by atoms with Crippen molar-refractivity contribution in [1.82, 2.24) is 5.43 Å². The summed E-state index contributed by atoms with van der Waals surface area (Å²) in [5.74, 6) is 0.978. The van der Waals surface area contributed by atoms with E-state index in [1.807, 2.05) is 37.3 Å². The first-order valence-electron chi connectivity index (χ1n) is 7.71. The zero-order valence-electron chi connectivity index (χ0n) is 13.7. The maximum absolute atomic E-state index is 11.8. The number of benzene rings is 2. The first-order valence-corrected chi connectivity index (χ1v) is 9.29. The molecule has 7 heteroatoms. The topological polar surface area (TPSA) is 59.9 Å². The van der Waals surface area contributed by atoms with E-state index in [1.165, 1.54) is 0 Å². The van der Waals surface area contributed by atoms with Gasteiger partial charge in [-0.25, -0.2) is 5.43 Å². The van der Waals surface area contributed by atoms with Crippen LogP contribution in [0.1, 0.15) is 18.9 Å². The second-order valence-corrected chi connectivity index (χ2v) is 6.90. The summed E-state index contributed by atoms with van der Waals surface area (Å²) in [5.41, 5.74) is 3.22. The minimum Gasteiger partial charge on any atom is -0.493 e. The van der Waals surface area contributed by atoms with E-state index in [2.05, 4.69) is 42.4 Å². The summed E-state index contributed by atoms with van der Waals surface area (Å²) in [6.45, 7) is 2.54. The zero-order chi connectivity index (χ0) is 18.1. The third-order valence-electron chi connectivity index (χ3n) is 2.99. The van der Waals surface area contributed by atoms with Crippen LogP contribution in [0.3, 0.4) is 0 Å². The fraction of sp³-hybridized carbons (Fsp3) is 0.222. The average Bonchev–Trinajstić information content (AvgIpc) is 2.59. The Morgan fingerprint density at radius 3 is 2.72 bits per heavy atom. The molecule has 0 unspecified atom stereocenters. The van der Waals surface area contributed by atoms with E-state index >= 15 is 0 Å². The number of nitrogens with zero attached hydrogens (tertiary/aromatic N) is 1. The predicted octanol–water partition coefficient (Wildman–Crippen LogP) is 4.53. The van der Waals surface area contributed by atoms with Crippen molar-refractivity contribution in [3.63, 3.8) is 0 Å². The van der Waals surface area contributed by atoms with Crippen LogP contribution in [0.4, 0.5) is 0 Å². The van der Waals surface area contributed by atoms with Crippen molar-refractivity contribution >= 4 is 44.0 Å². The lowest BCUT2D eigenvalue weighted by molar-refractivity contribution is -0.123. The number of nitrogens with one attached hydrogen (secondary N) is 1. The Labute approximate surface area is 163 Å². The normalized spacial score (nSPS) is 10.7. The van der Waals surface area contributed by atoms with Crippen LogP contribution in [0.2, 0.25) is 0 Å². The number of carbonyl (C=O) groups excluding carboxylic acids is 1. The molecule has 0 atom stereocenters. The first kappa shape index (κ1) is 19.5. The van der Waals surface area contributed by atoms with Gasteiger partial charge in [-0.15, -0.1) is 0 Å². The van der Waals surface area contributed by atoms with Crippen LogP contribution in [-0.2, 0) is 4.79 Å². The van der Waals surface area contributed by atoms with Gasteiger partial charge in [0.05, 0.1) is 12.8 Å². The Morgan fingerprint density at radius 1 is 1.16 bits per heavy atom. The number of hydrogen-bond acceptors (Lipinski definition) is 4. The highest BCUT2D eigenvalue weighted by Gasteiger charge is 2.04. The Hall–Kier alpha value is -1.86. The highest BCUT2D eigenvalue weighted by Crippen LogP contribution is 2.22. The van der Waals surface area contributed by atoms with Gasteiger partial charge in [0, 0.05) is 14.5 Å². The monoisotopic (exact) mass is 468 g/mol. The van der Waals surface area contributed by atoms with Crippen molar-refractivity contribution in [3.05, 3.63) is 57.0 Å². The van der Waals surface area contributed by atoms with Crippen molar-refractivity contribution in [2.75, 3.05) is 13.2 Å². The van der Waals surface area contributed by atoms with Crippen LogP contribution in [0, 0.1) is 0 Å². The average molecular weight is 470 g/mol. The van der Waals surface area contributed by atoms with Gasteiger partial charge in [0.15, 0.2) is 6.61 Å². The highest BCUT2D eigenvalue weighted by molar-refractivity contribution is 9.10. The summed E-state index contributed by atoms with van der Waals surface area (Å²) in [6, 6.07) is 12.9. The quantitative estimate of drug-likeness (QED) is 0.456. The Kier molecular flexibility index (Phi) is 7.94. The molecule has 0 aliphatic carbocycles. The number of carbonyl (C=O) groups is 1. The van der Waals surface area contributed by atoms with Gasteiger partial charge in [-0.3, -0.25) is 4.79 Å². The molecular formula is C18H18Br2N2O3. The summed E-state index contributed by atoms with van der Waals surface area (Å²) in [7, 11) is 0. The Bertz CT molecular complexity index is 751. The number of amides is 1. The SMILES string of the molecule is CCCOc1ccc(Br)cc1/C=N\NC(=O)COc1cccc(Br)c1. The molecule has 0 radical (unpaired) electrons. The van der Waals surface area contributed by atoms with E-state index in [0.717, 1.165) is 20.9 Å². The summed E-state index contributed by atoms with van der Waals surface area (Å²) >= 11 is 6.76. The molecule has 2 aromatic carbocycles. The van der Waals surface area contributed by atoms with Crippen LogP contribution in [0.15, 0.2) is 56.5 Å². The van der Waals surface area contributed by atoms with E-state index in [0.29, 0.717) is 18.1 Å². The third kappa shape index (κ3) is 6.88. The lowest BCUT2D eigenvalue weighted by Crippen LogP contribution is -2.24. The summed E-state index contributed by atoms with van der Waals surface area (Å²) in [4.78, 5) is 11.8. The Morgan fingerprint density at radius 2 is 1.96 bits per heavy atom. The summed E-state index contributed by atoms with van der Waals surface area (Å²) in [5, 5.41) is 3.97. The molecule has 0 spiro atoms. The van der Waals surface area contributed by atoms with Crippen LogP contribution in [0.5, 0.6) is 11.5 Å². The molecule has 0 aliphatic heterocycles. The summed E-state index contributed by atoms with van der Waals surface area (Å²) in [6.07, 6.45) is 2.46. The van der Waals surface area contributed by atoms with E-state index < -0.39 is 0 Å². The molecule has 0 heterocycles. The van der Waals surface area contributed by atoms with Gasteiger partial charge in [0.1, 0.15) is 11.5 Å². The fourth-order valence-electron chi connectivity index (χ4n) is 1.88. The second-order valence-electron chi connectivity index (χ2n) is 5.07. The van der Waals surface area contributed by atoms with Gasteiger partial charge in [-0.2, -0.15) is 5.10 Å². The molecule has 132 valence electrons. The molecule has 0 fully saturated rings. The van der Waals surface area contributed by atoms with Crippen molar-refractivity contribution in [2.24, 2.45) is 5.10 Å². The van der Waals surface area contributed by atoms with Gasteiger partial charge < -0.3 is 9.47 Å². The van der Waals surface area contributed by atoms with E-state index in [-0.39, 0.29) is 12.5 Å². The first-order chi connectivity index (χ1) is 12.1. The van der Waals surface area contributed by atoms with E-state index in [9.17, 15) is 4.79 Å². The molecule has 2 aromatic rings. The second kappa shape index (κ2) is 10.2. The number of halogens is 2. The number of hydrogen-bond donors (Lipinski definition) is 1. The van der Waals surface area contributed by atoms with Crippen molar-refractivity contribution in [3.8, 4) is 11.5 Å². The molecule has 0 aromatic heterocycles. The van der Waals surface area contributed by atoms with Crippen molar-refractivity contribution < 1.29 is 14.3 Å². The lowest BCUT2D eigenvalue weighted by atomic mass is 10.2. The number of hydrazone groups is 1. The molecule has 2 rings (SSSR count). The molecule has 0 bridgehead atoms. The van der Waals surface area contributed by atoms with Crippen LogP contribution in [0.25, 0.3) is 0 Å². The summed E-state index contributed by atoms with van der Waals surface area (Å²) < 4.78 is 12.9. The molecule has 25 heavy (non-hydrogen) atoms. The van der Waals surface area contributed by atoms with Gasteiger partial charge in [-0.05, 0) is 42.8 Å². The molecule has 0 saturated carbocycles. The lowest BCUT2D eigenvalue weighted by Gasteiger charge is -2.08. The van der Waals surface area contributed by atoms with Crippen molar-refractivity contribution in [1.29, 1.82) is 0 Å². The minimum absolute atomic E-state index is 0.120. The van der Waals surface area contributed by atoms with E-state index in [4.69, 9.17) is 9.47 Å². The molecule has 1 amide bonds. The molecule has 0 saturated heterocycles. The Balaban J connectivity index is 1.89. The van der Waals surface area contributed by atoms with Gasteiger partial charge >= 0.3 is 0 Å². The maximum atomic E-state index is 11.8. The third-order valence-corrected chi connectivity index (χ3v) is 3.98. The van der Waals surface area contributed by atoms with E-state index in [1.54, 1.807) is 18.3 Å². The van der Waals surface area contributed by atoms with Gasteiger partial charge in [-0.1, -0.05) is 44.8 Å². The molecule has 0 aliphatic rings. The van der Waals surface area contributed by atoms with Crippen LogP contribution >= 0.6 is 31.9 Å². The maximum Gasteiger partial charge on any atom is 0.277 e. The standard InChI is InChI=1S/C18H18Br2N2O3/c1-2-8-24-17-7-6-15(20)9-13(17)11-21-22-18(23)12-25-16-5-3-4-14(19)10-16/h3-7,9-11H,2,8,12H2,1H3,(H,22,23)/b21-11-. The number of rotatable bonds is 8. The minimum atomic E-state index is -0.345. The molecule has 5 nitrogen and oxygen atoms in total. The largest absolute Gasteiger partial charge is 0.493 e. The van der Waals surface area contributed by atoms with Crippen molar-refractivity contribution in [2.45, 2.75) is 13.3 Å². The van der Waals surface area contributed by atoms with Crippen LogP contribution in [-0.4, -0.2) is 25.3 Å². The molecule has 1 N–H and O–H groups in total. The van der Waals surface area contributed by atoms with Gasteiger partial charge in [0.2, 0.25) is 0 Å². The smallest absolute Gasteiger partial charge is 0.277 e. The fourth-order valence-corrected chi connectivity index (χ4v) is 2.63. The highest BCUT2D eigenvalue weighted by atomic mass is 79.9. The zero-order valence-corrected chi connectivity index (χ0v) is 16.8. The molecular weight excluding hydrogens is 452 g/mol. The van der Waals surface area contributed by atoms with Crippen LogP contribution < -0.4 is 14.9 Å². The van der Waals surface area contributed by atoms with Gasteiger partial charge in [0.25, 0.3) is 5.91 Å². The predicted molar refractivity (Wildman–Crippen MR) is 105 cm³/mol.